The zero-order chi connectivity index (χ0) is 21.8. The summed E-state index contributed by atoms with van der Waals surface area (Å²) < 4.78 is 9.17. The normalized spacial score (nSPS) is 12.3. The molecule has 0 bridgehead atoms. The predicted molar refractivity (Wildman–Crippen MR) is 119 cm³/mol. The van der Waals surface area contributed by atoms with Gasteiger partial charge in [-0.2, -0.15) is 5.10 Å². The Labute approximate surface area is 180 Å². The van der Waals surface area contributed by atoms with Crippen molar-refractivity contribution in [1.82, 2.24) is 19.2 Å². The molecular weight excluding hydrogens is 400 g/mol. The average molecular weight is 425 g/mol. The summed E-state index contributed by atoms with van der Waals surface area (Å²) in [5, 5.41) is 5.87. The van der Waals surface area contributed by atoms with Gasteiger partial charge in [0.05, 0.1) is 11.2 Å². The summed E-state index contributed by atoms with van der Waals surface area (Å²) in [5.41, 5.74) is 4.60. The smallest absolute Gasteiger partial charge is 0.419 e. The highest BCUT2D eigenvalue weighted by molar-refractivity contribution is 6.31. The summed E-state index contributed by atoms with van der Waals surface area (Å²) in [6.07, 6.45) is 3.00. The van der Waals surface area contributed by atoms with Crippen LogP contribution in [0, 0.1) is 6.92 Å². The fourth-order valence-corrected chi connectivity index (χ4v) is 4.05. The lowest BCUT2D eigenvalue weighted by molar-refractivity contribution is 0.0547. The lowest BCUT2D eigenvalue weighted by atomic mass is 9.96. The molecule has 0 radical (unpaired) electrons. The van der Waals surface area contributed by atoms with Gasteiger partial charge in [0, 0.05) is 22.2 Å². The van der Waals surface area contributed by atoms with Crippen LogP contribution in [-0.2, 0) is 4.74 Å². The van der Waals surface area contributed by atoms with Crippen LogP contribution < -0.4 is 0 Å². The fourth-order valence-electron chi connectivity index (χ4n) is 3.88. The highest BCUT2D eigenvalue weighted by atomic mass is 35.5. The first-order chi connectivity index (χ1) is 14.1. The molecule has 4 aromatic rings. The quantitative estimate of drug-likeness (QED) is 0.383. The Morgan fingerprint density at radius 2 is 1.93 bits per heavy atom. The lowest BCUT2D eigenvalue weighted by Crippen LogP contribution is -2.27. The summed E-state index contributed by atoms with van der Waals surface area (Å²) in [6.45, 7) is 11.8. The van der Waals surface area contributed by atoms with Crippen molar-refractivity contribution in [3.8, 4) is 11.3 Å². The van der Waals surface area contributed by atoms with Crippen molar-refractivity contribution >= 4 is 34.2 Å². The van der Waals surface area contributed by atoms with Gasteiger partial charge < -0.3 is 4.74 Å². The summed E-state index contributed by atoms with van der Waals surface area (Å²) >= 11 is 6.33. The topological polar surface area (TPSA) is 61.4 Å². The minimum absolute atomic E-state index is 0.149. The van der Waals surface area contributed by atoms with Crippen LogP contribution in [0.1, 0.15) is 51.7 Å². The van der Waals surface area contributed by atoms with Crippen molar-refractivity contribution in [3.05, 3.63) is 52.9 Å². The Bertz CT molecular complexity index is 1280. The maximum absolute atomic E-state index is 13.4. The van der Waals surface area contributed by atoms with E-state index in [9.17, 15) is 4.79 Å². The second-order valence-electron chi connectivity index (χ2n) is 8.83. The second kappa shape index (κ2) is 7.13. The molecular formula is C23H25ClN4O2. The standard InChI is InChI=1S/C23H25ClN4O2/c1-13(2)19-17-10-16(24)7-8-18(17)28(22(29)30-23(4,5)6)20(19)15-9-14(3)21-25-12-26-27(21)11-15/h7-13H,1-6H3. The molecule has 7 heteroatoms. The minimum Gasteiger partial charge on any atom is -0.443 e. The van der Waals surface area contributed by atoms with E-state index >= 15 is 0 Å². The van der Waals surface area contributed by atoms with Crippen molar-refractivity contribution in [3.63, 3.8) is 0 Å². The molecule has 3 heterocycles. The Morgan fingerprint density at radius 1 is 1.20 bits per heavy atom. The third-order valence-corrected chi connectivity index (χ3v) is 5.19. The number of hydrogen-bond acceptors (Lipinski definition) is 4. The van der Waals surface area contributed by atoms with Gasteiger partial charge in [0.1, 0.15) is 11.9 Å². The largest absolute Gasteiger partial charge is 0.443 e. The number of aromatic nitrogens is 4. The van der Waals surface area contributed by atoms with E-state index in [4.69, 9.17) is 16.3 Å². The number of nitrogens with zero attached hydrogens (tertiary/aromatic N) is 4. The van der Waals surface area contributed by atoms with Gasteiger partial charge in [0.25, 0.3) is 0 Å². The number of fused-ring (bicyclic) bond motifs is 2. The van der Waals surface area contributed by atoms with Crippen LogP contribution in [0.5, 0.6) is 0 Å². The molecule has 0 aliphatic heterocycles. The SMILES string of the molecule is Cc1cc(-c2c(C(C)C)c3cc(Cl)ccc3n2C(=O)OC(C)(C)C)cn2ncnc12. The molecule has 0 spiro atoms. The maximum Gasteiger partial charge on any atom is 0.419 e. The van der Waals surface area contributed by atoms with Gasteiger partial charge in [0.15, 0.2) is 5.65 Å². The van der Waals surface area contributed by atoms with Gasteiger partial charge in [-0.25, -0.2) is 18.9 Å². The second-order valence-corrected chi connectivity index (χ2v) is 9.27. The van der Waals surface area contributed by atoms with Gasteiger partial charge >= 0.3 is 6.09 Å². The molecule has 0 saturated heterocycles. The number of ether oxygens (including phenoxy) is 1. The highest BCUT2D eigenvalue weighted by Gasteiger charge is 2.28. The number of rotatable bonds is 2. The average Bonchev–Trinajstić information content (AvgIpc) is 3.22. The van der Waals surface area contributed by atoms with E-state index in [1.54, 1.807) is 15.1 Å². The van der Waals surface area contributed by atoms with Crippen LogP contribution in [0.15, 0.2) is 36.8 Å². The third-order valence-electron chi connectivity index (χ3n) is 4.95. The zero-order valence-electron chi connectivity index (χ0n) is 18.0. The molecule has 1 aromatic carbocycles. The zero-order valence-corrected chi connectivity index (χ0v) is 18.8. The number of aryl methyl sites for hydroxylation is 1. The van der Waals surface area contributed by atoms with Crippen molar-refractivity contribution in [1.29, 1.82) is 0 Å². The Balaban J connectivity index is 2.11. The number of halogens is 1. The number of pyridine rings is 1. The predicted octanol–water partition coefficient (Wildman–Crippen LogP) is 6.22. The van der Waals surface area contributed by atoms with E-state index in [-0.39, 0.29) is 5.92 Å². The van der Waals surface area contributed by atoms with E-state index in [1.807, 2.05) is 52.1 Å². The molecule has 6 nitrogen and oxygen atoms in total. The number of carbonyl (C=O) groups is 1. The van der Waals surface area contributed by atoms with Crippen LogP contribution in [0.3, 0.4) is 0 Å². The molecule has 0 saturated carbocycles. The fraction of sp³-hybridized carbons (Fsp3) is 0.348. The van der Waals surface area contributed by atoms with Gasteiger partial charge in [0.2, 0.25) is 0 Å². The van der Waals surface area contributed by atoms with Crippen molar-refractivity contribution in [2.24, 2.45) is 0 Å². The molecule has 0 aliphatic carbocycles. The van der Waals surface area contributed by atoms with Crippen LogP contribution >= 0.6 is 11.6 Å². The maximum atomic E-state index is 13.4. The van der Waals surface area contributed by atoms with Gasteiger partial charge in [-0.3, -0.25) is 0 Å². The summed E-state index contributed by atoms with van der Waals surface area (Å²) in [7, 11) is 0. The molecule has 156 valence electrons. The lowest BCUT2D eigenvalue weighted by Gasteiger charge is -2.21. The minimum atomic E-state index is -0.624. The van der Waals surface area contributed by atoms with Crippen LogP contribution in [0.25, 0.3) is 27.8 Å². The van der Waals surface area contributed by atoms with E-state index < -0.39 is 11.7 Å². The first-order valence-corrected chi connectivity index (χ1v) is 10.3. The Hall–Kier alpha value is -2.86. The van der Waals surface area contributed by atoms with Crippen LogP contribution in [0.2, 0.25) is 5.02 Å². The first kappa shape index (κ1) is 20.4. The molecule has 0 fully saturated rings. The molecule has 0 aliphatic rings. The van der Waals surface area contributed by atoms with Crippen molar-refractivity contribution < 1.29 is 9.53 Å². The first-order valence-electron chi connectivity index (χ1n) is 9.94. The van der Waals surface area contributed by atoms with E-state index in [1.165, 1.54) is 6.33 Å². The van der Waals surface area contributed by atoms with Crippen LogP contribution in [-0.4, -0.2) is 30.9 Å². The number of hydrogen-bond donors (Lipinski definition) is 0. The van der Waals surface area contributed by atoms with E-state index in [2.05, 4.69) is 23.9 Å². The van der Waals surface area contributed by atoms with Gasteiger partial charge in [-0.05, 0) is 69.0 Å². The van der Waals surface area contributed by atoms with Gasteiger partial charge in [-0.1, -0.05) is 25.4 Å². The summed E-state index contributed by atoms with van der Waals surface area (Å²) in [4.78, 5) is 17.7. The van der Waals surface area contributed by atoms with E-state index in [0.29, 0.717) is 5.02 Å². The summed E-state index contributed by atoms with van der Waals surface area (Å²) in [5.74, 6) is 0.149. The Kier molecular flexibility index (Phi) is 4.85. The monoisotopic (exact) mass is 424 g/mol. The molecule has 3 aromatic heterocycles. The number of carbonyl (C=O) groups excluding carboxylic acids is 1. The number of benzene rings is 1. The molecule has 0 N–H and O–H groups in total. The molecule has 4 rings (SSSR count). The molecule has 30 heavy (non-hydrogen) atoms. The highest BCUT2D eigenvalue weighted by Crippen LogP contribution is 2.40. The molecule has 0 atom stereocenters. The third kappa shape index (κ3) is 3.45. The van der Waals surface area contributed by atoms with Crippen molar-refractivity contribution in [2.75, 3.05) is 0 Å². The van der Waals surface area contributed by atoms with E-state index in [0.717, 1.165) is 38.9 Å². The summed E-state index contributed by atoms with van der Waals surface area (Å²) in [6, 6.07) is 7.62. The molecule has 0 unspecified atom stereocenters. The van der Waals surface area contributed by atoms with Crippen LogP contribution in [0.4, 0.5) is 4.79 Å². The molecule has 0 amide bonds. The Morgan fingerprint density at radius 3 is 2.60 bits per heavy atom. The van der Waals surface area contributed by atoms with Crippen molar-refractivity contribution in [2.45, 2.75) is 53.1 Å². The van der Waals surface area contributed by atoms with Gasteiger partial charge in [-0.15, -0.1) is 0 Å².